The van der Waals surface area contributed by atoms with Crippen LogP contribution < -0.4 is 5.32 Å². The smallest absolute Gasteiger partial charge is 0.317 e. The normalized spacial score (nSPS) is 22.5. The molecule has 5 heteroatoms. The van der Waals surface area contributed by atoms with E-state index in [1.165, 1.54) is 18.4 Å². The molecule has 1 unspecified atom stereocenters. The molecule has 2 N–H and O–H groups in total. The van der Waals surface area contributed by atoms with Crippen molar-refractivity contribution in [3.05, 3.63) is 35.9 Å². The number of nitrogens with one attached hydrogen (secondary N) is 1. The molecule has 1 aliphatic heterocycles. The third kappa shape index (κ3) is 3.89. The van der Waals surface area contributed by atoms with Crippen molar-refractivity contribution in [1.29, 1.82) is 0 Å². The van der Waals surface area contributed by atoms with Crippen molar-refractivity contribution in [2.45, 2.75) is 38.5 Å². The van der Waals surface area contributed by atoms with E-state index in [2.05, 4.69) is 29.6 Å². The van der Waals surface area contributed by atoms with Gasteiger partial charge in [-0.2, -0.15) is 0 Å². The highest BCUT2D eigenvalue weighted by molar-refractivity contribution is 5.77. The maximum Gasteiger partial charge on any atom is 0.317 e. The first-order valence-electron chi connectivity index (χ1n) is 8.88. The summed E-state index contributed by atoms with van der Waals surface area (Å²) < 4.78 is 0. The molecule has 1 saturated carbocycles. The van der Waals surface area contributed by atoms with Crippen LogP contribution in [0.3, 0.4) is 0 Å². The molecule has 1 aromatic carbocycles. The Labute approximate surface area is 143 Å². The van der Waals surface area contributed by atoms with Crippen LogP contribution in [0.15, 0.2) is 30.3 Å². The van der Waals surface area contributed by atoms with Crippen LogP contribution in [-0.2, 0) is 11.2 Å². The van der Waals surface area contributed by atoms with Gasteiger partial charge >= 0.3 is 12.0 Å². The molecule has 0 bridgehead atoms. The van der Waals surface area contributed by atoms with Crippen LogP contribution >= 0.6 is 0 Å². The van der Waals surface area contributed by atoms with E-state index < -0.39 is 11.9 Å². The van der Waals surface area contributed by atoms with E-state index in [0.717, 1.165) is 19.3 Å². The first kappa shape index (κ1) is 16.8. The summed E-state index contributed by atoms with van der Waals surface area (Å²) in [5, 5.41) is 12.1. The number of carbonyl (C=O) groups is 2. The van der Waals surface area contributed by atoms with E-state index in [9.17, 15) is 9.59 Å². The van der Waals surface area contributed by atoms with Crippen LogP contribution in [0.4, 0.5) is 4.79 Å². The molecule has 24 heavy (non-hydrogen) atoms. The average Bonchev–Trinajstić information content (AvgIpc) is 3.24. The Morgan fingerprint density at radius 3 is 2.54 bits per heavy atom. The minimum Gasteiger partial charge on any atom is -0.481 e. The molecule has 0 radical (unpaired) electrons. The van der Waals surface area contributed by atoms with E-state index in [-0.39, 0.29) is 11.4 Å². The Balaban J connectivity index is 1.56. The molecule has 1 aliphatic carbocycles. The lowest BCUT2D eigenvalue weighted by Gasteiger charge is -2.30. The number of aliphatic carboxylic acids is 1. The number of hydrogen-bond acceptors (Lipinski definition) is 2. The Kier molecular flexibility index (Phi) is 5.07. The maximum atomic E-state index is 12.4. The van der Waals surface area contributed by atoms with Gasteiger partial charge in [0, 0.05) is 19.6 Å². The van der Waals surface area contributed by atoms with Crippen LogP contribution in [-0.4, -0.2) is 41.6 Å². The quantitative estimate of drug-likeness (QED) is 0.872. The van der Waals surface area contributed by atoms with Gasteiger partial charge in [-0.1, -0.05) is 43.2 Å². The average molecular weight is 330 g/mol. The molecule has 3 rings (SSSR count). The summed E-state index contributed by atoms with van der Waals surface area (Å²) in [6.45, 7) is 1.54. The Bertz CT molecular complexity index is 582. The fourth-order valence-electron chi connectivity index (χ4n) is 4.09. The minimum absolute atomic E-state index is 0.113. The van der Waals surface area contributed by atoms with Crippen LogP contribution in [0.2, 0.25) is 0 Å². The monoisotopic (exact) mass is 330 g/mol. The number of likely N-dealkylation sites (tertiary alicyclic amines) is 1. The molecule has 1 heterocycles. The van der Waals surface area contributed by atoms with E-state index in [4.69, 9.17) is 5.11 Å². The molecule has 2 fully saturated rings. The first-order chi connectivity index (χ1) is 11.6. The summed E-state index contributed by atoms with van der Waals surface area (Å²) in [7, 11) is 0. The van der Waals surface area contributed by atoms with Crippen molar-refractivity contribution in [3.8, 4) is 0 Å². The summed E-state index contributed by atoms with van der Waals surface area (Å²) in [5.41, 5.74) is 1.46. The molecule has 0 spiro atoms. The maximum absolute atomic E-state index is 12.4. The first-order valence-corrected chi connectivity index (χ1v) is 8.88. The van der Waals surface area contributed by atoms with Crippen LogP contribution in [0.25, 0.3) is 0 Å². The van der Waals surface area contributed by atoms with Crippen molar-refractivity contribution < 1.29 is 14.7 Å². The summed E-state index contributed by atoms with van der Waals surface area (Å²) in [5.74, 6) is -1.22. The van der Waals surface area contributed by atoms with Crippen molar-refractivity contribution >= 4 is 12.0 Å². The van der Waals surface area contributed by atoms with Crippen molar-refractivity contribution in [3.63, 3.8) is 0 Å². The number of carboxylic acids is 1. The number of amides is 2. The van der Waals surface area contributed by atoms with E-state index in [1.54, 1.807) is 4.90 Å². The predicted octanol–water partition coefficient (Wildman–Crippen LogP) is 2.91. The van der Waals surface area contributed by atoms with Crippen molar-refractivity contribution in [1.82, 2.24) is 10.2 Å². The Morgan fingerprint density at radius 2 is 1.92 bits per heavy atom. The van der Waals surface area contributed by atoms with Crippen LogP contribution in [0.1, 0.15) is 37.7 Å². The second kappa shape index (κ2) is 7.24. The molecule has 2 aliphatic rings. The van der Waals surface area contributed by atoms with Crippen LogP contribution in [0, 0.1) is 11.3 Å². The van der Waals surface area contributed by atoms with E-state index in [0.29, 0.717) is 26.1 Å². The molecular formula is C19H26N2O3. The minimum atomic E-state index is -0.804. The number of rotatable bonds is 5. The number of carbonyl (C=O) groups excluding carboxylic acids is 1. The number of urea groups is 1. The van der Waals surface area contributed by atoms with Gasteiger partial charge in [-0.05, 0) is 36.7 Å². The number of hydrogen-bond donors (Lipinski definition) is 2. The highest BCUT2D eigenvalue weighted by atomic mass is 16.4. The van der Waals surface area contributed by atoms with Crippen molar-refractivity contribution in [2.24, 2.45) is 11.3 Å². The predicted molar refractivity (Wildman–Crippen MR) is 91.8 cm³/mol. The zero-order chi connectivity index (χ0) is 17.0. The number of nitrogens with zero attached hydrogens (tertiary/aromatic N) is 1. The SMILES string of the molecule is O=C(O)C1CCN(C(=O)NCC2(Cc3ccccc3)CCCC2)C1. The number of carboxylic acid groups (broad SMARTS) is 1. The van der Waals surface area contributed by atoms with Gasteiger partial charge in [0.05, 0.1) is 5.92 Å². The fraction of sp³-hybridized carbons (Fsp3) is 0.579. The van der Waals surface area contributed by atoms with Gasteiger partial charge < -0.3 is 15.3 Å². The third-order valence-corrected chi connectivity index (χ3v) is 5.53. The summed E-state index contributed by atoms with van der Waals surface area (Å²) in [6.07, 6.45) is 6.25. The van der Waals surface area contributed by atoms with Gasteiger partial charge in [-0.25, -0.2) is 4.79 Å². The van der Waals surface area contributed by atoms with Crippen molar-refractivity contribution in [2.75, 3.05) is 19.6 Å². The molecule has 5 nitrogen and oxygen atoms in total. The van der Waals surface area contributed by atoms with Gasteiger partial charge in [0.15, 0.2) is 0 Å². The molecule has 1 atom stereocenters. The molecule has 1 saturated heterocycles. The Hall–Kier alpha value is -2.04. The van der Waals surface area contributed by atoms with Gasteiger partial charge in [-0.3, -0.25) is 4.79 Å². The summed E-state index contributed by atoms with van der Waals surface area (Å²) >= 11 is 0. The topological polar surface area (TPSA) is 69.6 Å². The lowest BCUT2D eigenvalue weighted by molar-refractivity contribution is -0.141. The zero-order valence-corrected chi connectivity index (χ0v) is 14.0. The van der Waals surface area contributed by atoms with Crippen LogP contribution in [0.5, 0.6) is 0 Å². The zero-order valence-electron chi connectivity index (χ0n) is 14.0. The number of benzene rings is 1. The van der Waals surface area contributed by atoms with E-state index in [1.807, 2.05) is 6.07 Å². The summed E-state index contributed by atoms with van der Waals surface area (Å²) in [4.78, 5) is 25.1. The summed E-state index contributed by atoms with van der Waals surface area (Å²) in [6, 6.07) is 10.3. The van der Waals surface area contributed by atoms with Gasteiger partial charge in [0.2, 0.25) is 0 Å². The largest absolute Gasteiger partial charge is 0.481 e. The highest BCUT2D eigenvalue weighted by Crippen LogP contribution is 2.40. The molecule has 2 amide bonds. The molecule has 1 aromatic rings. The fourth-order valence-corrected chi connectivity index (χ4v) is 4.09. The van der Waals surface area contributed by atoms with Gasteiger partial charge in [0.25, 0.3) is 0 Å². The highest BCUT2D eigenvalue weighted by Gasteiger charge is 2.36. The molecule has 130 valence electrons. The van der Waals surface area contributed by atoms with Gasteiger partial charge in [0.1, 0.15) is 0 Å². The second-order valence-corrected chi connectivity index (χ2v) is 7.30. The van der Waals surface area contributed by atoms with Gasteiger partial charge in [-0.15, -0.1) is 0 Å². The lowest BCUT2D eigenvalue weighted by atomic mass is 9.80. The third-order valence-electron chi connectivity index (χ3n) is 5.53. The standard InChI is InChI=1S/C19H26N2O3/c22-17(23)16-8-11-21(13-16)18(24)20-14-19(9-4-5-10-19)12-15-6-2-1-3-7-15/h1-3,6-7,16H,4-5,8-14H2,(H,20,24)(H,22,23). The molecular weight excluding hydrogens is 304 g/mol. The lowest BCUT2D eigenvalue weighted by Crippen LogP contribution is -2.44. The Morgan fingerprint density at radius 1 is 1.21 bits per heavy atom. The molecule has 0 aromatic heterocycles. The van der Waals surface area contributed by atoms with E-state index >= 15 is 0 Å². The second-order valence-electron chi connectivity index (χ2n) is 7.30.